The number of nitrogens with zero attached hydrogens (tertiary/aromatic N) is 2. The van der Waals surface area contributed by atoms with E-state index < -0.39 is 0 Å². The summed E-state index contributed by atoms with van der Waals surface area (Å²) in [4.78, 5) is 20.0. The molecule has 0 bridgehead atoms. The maximum absolute atomic E-state index is 11.3. The molecule has 0 saturated carbocycles. The van der Waals surface area contributed by atoms with E-state index >= 15 is 0 Å². The number of hydrogen-bond acceptors (Lipinski definition) is 5. The quantitative estimate of drug-likeness (QED) is 0.266. The standard InChI is InChI=1S/C21H30N4O3/c1-3-27-19(26)13-9-4-5-10-14-23-21(22-2)24-15-18-16-28-20(25-18)17-11-7-6-8-12-17/h6-8,11-12,16H,3-5,9-10,13-15H2,1-2H3,(H2,22,23,24). The van der Waals surface area contributed by atoms with E-state index in [1.165, 1.54) is 0 Å². The van der Waals surface area contributed by atoms with Gasteiger partial charge in [-0.1, -0.05) is 31.0 Å². The molecule has 0 radical (unpaired) electrons. The van der Waals surface area contributed by atoms with E-state index in [1.807, 2.05) is 37.3 Å². The van der Waals surface area contributed by atoms with E-state index in [9.17, 15) is 4.79 Å². The van der Waals surface area contributed by atoms with Crippen LogP contribution in [0.4, 0.5) is 0 Å². The third-order valence-corrected chi connectivity index (χ3v) is 4.14. The molecule has 0 aliphatic heterocycles. The van der Waals surface area contributed by atoms with Gasteiger partial charge in [-0.25, -0.2) is 4.98 Å². The molecule has 7 nitrogen and oxygen atoms in total. The minimum atomic E-state index is -0.103. The molecule has 0 atom stereocenters. The highest BCUT2D eigenvalue weighted by Crippen LogP contribution is 2.17. The smallest absolute Gasteiger partial charge is 0.305 e. The number of carbonyl (C=O) groups is 1. The number of aliphatic imine (C=N–C) groups is 1. The number of benzene rings is 1. The molecule has 0 aliphatic carbocycles. The number of carbonyl (C=O) groups excluding carboxylic acids is 1. The van der Waals surface area contributed by atoms with Gasteiger partial charge in [0.05, 0.1) is 18.8 Å². The molecule has 0 aliphatic rings. The van der Waals surface area contributed by atoms with Crippen molar-refractivity contribution in [3.63, 3.8) is 0 Å². The summed E-state index contributed by atoms with van der Waals surface area (Å²) in [6.07, 6.45) is 6.15. The number of ether oxygens (including phenoxy) is 1. The summed E-state index contributed by atoms with van der Waals surface area (Å²) in [5, 5.41) is 6.52. The van der Waals surface area contributed by atoms with Gasteiger partial charge < -0.3 is 19.8 Å². The van der Waals surface area contributed by atoms with Gasteiger partial charge >= 0.3 is 5.97 Å². The summed E-state index contributed by atoms with van der Waals surface area (Å²) in [5.74, 6) is 1.24. The van der Waals surface area contributed by atoms with Crippen LogP contribution in [0, 0.1) is 0 Å². The van der Waals surface area contributed by atoms with Gasteiger partial charge in [-0.2, -0.15) is 0 Å². The first-order valence-electron chi connectivity index (χ1n) is 9.83. The molecule has 0 saturated heterocycles. The van der Waals surface area contributed by atoms with Crippen LogP contribution in [0.15, 0.2) is 46.0 Å². The molecule has 152 valence electrons. The molecular formula is C21H30N4O3. The highest BCUT2D eigenvalue weighted by molar-refractivity contribution is 5.79. The van der Waals surface area contributed by atoms with Crippen LogP contribution in [-0.2, 0) is 16.1 Å². The maximum atomic E-state index is 11.3. The van der Waals surface area contributed by atoms with E-state index in [0.29, 0.717) is 25.5 Å². The van der Waals surface area contributed by atoms with Crippen LogP contribution in [0.25, 0.3) is 11.5 Å². The Hall–Kier alpha value is -2.83. The second-order valence-corrected chi connectivity index (χ2v) is 6.33. The van der Waals surface area contributed by atoms with Crippen LogP contribution in [0.2, 0.25) is 0 Å². The van der Waals surface area contributed by atoms with Crippen LogP contribution in [0.3, 0.4) is 0 Å². The Morgan fingerprint density at radius 1 is 1.14 bits per heavy atom. The zero-order valence-corrected chi connectivity index (χ0v) is 16.7. The number of guanidine groups is 1. The second-order valence-electron chi connectivity index (χ2n) is 6.33. The Morgan fingerprint density at radius 2 is 1.93 bits per heavy atom. The molecule has 0 fully saturated rings. The number of esters is 1. The van der Waals surface area contributed by atoms with Crippen molar-refractivity contribution >= 4 is 11.9 Å². The van der Waals surface area contributed by atoms with Gasteiger partial charge in [-0.15, -0.1) is 0 Å². The Balaban J connectivity index is 1.60. The first-order valence-corrected chi connectivity index (χ1v) is 9.83. The largest absolute Gasteiger partial charge is 0.466 e. The number of rotatable bonds is 11. The molecule has 1 heterocycles. The van der Waals surface area contributed by atoms with Gasteiger partial charge in [-0.3, -0.25) is 9.79 Å². The third-order valence-electron chi connectivity index (χ3n) is 4.14. The van der Waals surface area contributed by atoms with E-state index in [1.54, 1.807) is 13.3 Å². The van der Waals surface area contributed by atoms with Crippen molar-refractivity contribution in [3.05, 3.63) is 42.3 Å². The van der Waals surface area contributed by atoms with Crippen LogP contribution < -0.4 is 10.6 Å². The van der Waals surface area contributed by atoms with Crippen LogP contribution in [0.1, 0.15) is 44.7 Å². The van der Waals surface area contributed by atoms with E-state index in [2.05, 4.69) is 20.6 Å². The van der Waals surface area contributed by atoms with Gasteiger partial charge in [0.2, 0.25) is 5.89 Å². The van der Waals surface area contributed by atoms with Crippen LogP contribution >= 0.6 is 0 Å². The number of nitrogens with one attached hydrogen (secondary N) is 2. The molecule has 2 aromatic rings. The van der Waals surface area contributed by atoms with Crippen molar-refractivity contribution in [2.45, 2.75) is 45.6 Å². The Bertz CT molecular complexity index is 728. The first-order chi connectivity index (χ1) is 13.7. The molecule has 0 unspecified atom stereocenters. The predicted molar refractivity (Wildman–Crippen MR) is 110 cm³/mol. The zero-order chi connectivity index (χ0) is 20.0. The van der Waals surface area contributed by atoms with Crippen molar-refractivity contribution in [1.29, 1.82) is 0 Å². The summed E-state index contributed by atoms with van der Waals surface area (Å²) in [5.41, 5.74) is 1.78. The molecular weight excluding hydrogens is 356 g/mol. The summed E-state index contributed by atoms with van der Waals surface area (Å²) in [7, 11) is 1.74. The fourth-order valence-corrected chi connectivity index (χ4v) is 2.68. The molecule has 0 spiro atoms. The summed E-state index contributed by atoms with van der Waals surface area (Å²) in [6, 6.07) is 9.82. The number of aromatic nitrogens is 1. The lowest BCUT2D eigenvalue weighted by Crippen LogP contribution is -2.37. The van der Waals surface area contributed by atoms with Gasteiger partial charge in [0, 0.05) is 25.6 Å². The normalized spacial score (nSPS) is 11.3. The van der Waals surface area contributed by atoms with E-state index in [-0.39, 0.29) is 5.97 Å². The lowest BCUT2D eigenvalue weighted by atomic mass is 10.1. The fraction of sp³-hybridized carbons (Fsp3) is 0.476. The molecule has 2 N–H and O–H groups in total. The third kappa shape index (κ3) is 7.82. The van der Waals surface area contributed by atoms with Crippen LogP contribution in [-0.4, -0.2) is 37.1 Å². The predicted octanol–water partition coefficient (Wildman–Crippen LogP) is 3.52. The molecule has 2 rings (SSSR count). The molecule has 1 aromatic heterocycles. The van der Waals surface area contributed by atoms with E-state index in [0.717, 1.165) is 49.4 Å². The monoisotopic (exact) mass is 386 g/mol. The molecule has 0 amide bonds. The van der Waals surface area contributed by atoms with Crippen molar-refractivity contribution in [2.24, 2.45) is 4.99 Å². The van der Waals surface area contributed by atoms with Gasteiger partial charge in [0.1, 0.15) is 6.26 Å². The average molecular weight is 386 g/mol. The maximum Gasteiger partial charge on any atom is 0.305 e. The lowest BCUT2D eigenvalue weighted by molar-refractivity contribution is -0.143. The fourth-order valence-electron chi connectivity index (χ4n) is 2.68. The number of oxazole rings is 1. The van der Waals surface area contributed by atoms with Crippen molar-refractivity contribution in [1.82, 2.24) is 15.6 Å². The van der Waals surface area contributed by atoms with Gasteiger partial charge in [0.25, 0.3) is 0 Å². The highest BCUT2D eigenvalue weighted by atomic mass is 16.5. The Labute approximate surface area is 166 Å². The molecule has 1 aromatic carbocycles. The van der Waals surface area contributed by atoms with Crippen LogP contribution in [0.5, 0.6) is 0 Å². The van der Waals surface area contributed by atoms with E-state index in [4.69, 9.17) is 9.15 Å². The number of unbranched alkanes of at least 4 members (excludes halogenated alkanes) is 3. The lowest BCUT2D eigenvalue weighted by Gasteiger charge is -2.10. The summed E-state index contributed by atoms with van der Waals surface area (Å²) < 4.78 is 10.5. The molecule has 28 heavy (non-hydrogen) atoms. The molecule has 7 heteroatoms. The second kappa shape index (κ2) is 12.5. The Kier molecular flexibility index (Phi) is 9.61. The summed E-state index contributed by atoms with van der Waals surface area (Å²) >= 11 is 0. The first kappa shape index (κ1) is 21.5. The Morgan fingerprint density at radius 3 is 2.68 bits per heavy atom. The van der Waals surface area contributed by atoms with Crippen molar-refractivity contribution in [3.8, 4) is 11.5 Å². The van der Waals surface area contributed by atoms with Crippen molar-refractivity contribution in [2.75, 3.05) is 20.2 Å². The zero-order valence-electron chi connectivity index (χ0n) is 16.7. The topological polar surface area (TPSA) is 88.8 Å². The van der Waals surface area contributed by atoms with Crippen molar-refractivity contribution < 1.29 is 13.9 Å². The van der Waals surface area contributed by atoms with Gasteiger partial charge in [0.15, 0.2) is 5.96 Å². The van der Waals surface area contributed by atoms with Gasteiger partial charge in [-0.05, 0) is 31.9 Å². The average Bonchev–Trinajstić information content (AvgIpc) is 3.19. The summed E-state index contributed by atoms with van der Waals surface area (Å²) in [6.45, 7) is 3.65. The minimum Gasteiger partial charge on any atom is -0.466 e. The highest BCUT2D eigenvalue weighted by Gasteiger charge is 2.07. The minimum absolute atomic E-state index is 0.103. The SMILES string of the molecule is CCOC(=O)CCCCCCNC(=NC)NCc1coc(-c2ccccc2)n1. The number of hydrogen-bond donors (Lipinski definition) is 2.